The van der Waals surface area contributed by atoms with Gasteiger partial charge in [0.15, 0.2) is 6.35 Å². The third-order valence-corrected chi connectivity index (χ3v) is 7.33. The molecule has 0 saturated heterocycles. The van der Waals surface area contributed by atoms with Gasteiger partial charge in [-0.15, -0.1) is 0 Å². The molecule has 1 unspecified atom stereocenters. The minimum absolute atomic E-state index is 0.187. The third kappa shape index (κ3) is 11.1. The van der Waals surface area contributed by atoms with Crippen molar-refractivity contribution in [1.82, 2.24) is 15.7 Å². The number of phenols is 1. The number of carbonyl (C=O) groups is 2. The lowest BCUT2D eigenvalue weighted by molar-refractivity contribution is -0.147. The number of aromatic hydroxyl groups is 1. The van der Waals surface area contributed by atoms with Crippen LogP contribution in [0.1, 0.15) is 75.3 Å². The van der Waals surface area contributed by atoms with Gasteiger partial charge in [0.1, 0.15) is 24.6 Å². The van der Waals surface area contributed by atoms with E-state index in [1.807, 2.05) is 39.8 Å². The highest BCUT2D eigenvalue weighted by atomic mass is 31.2. The van der Waals surface area contributed by atoms with Crippen LogP contribution >= 0.6 is 7.52 Å². The summed E-state index contributed by atoms with van der Waals surface area (Å²) in [6, 6.07) is 9.20. The molecule has 0 amide bonds. The molecule has 0 aliphatic heterocycles. The largest absolute Gasteiger partial charge is 0.508 e. The Morgan fingerprint density at radius 1 is 0.902 bits per heavy atom. The SMILES string of the molecule is Cc1cc(OCP(=O)(O)N(NCC(=O)OC(C)C)NCC(=O)OC(C)C)cc(C)c1Cc1ccc(O)c(C(C)C)c1. The monoisotopic (exact) mass is 593 g/mol. The van der Waals surface area contributed by atoms with Crippen molar-refractivity contribution in [2.75, 3.05) is 19.4 Å². The van der Waals surface area contributed by atoms with Crippen LogP contribution in [0, 0.1) is 13.8 Å². The number of rotatable bonds is 15. The highest BCUT2D eigenvalue weighted by Gasteiger charge is 2.31. The van der Waals surface area contributed by atoms with Crippen molar-refractivity contribution in [1.29, 1.82) is 0 Å². The van der Waals surface area contributed by atoms with Gasteiger partial charge in [-0.3, -0.25) is 14.2 Å². The number of benzene rings is 2. The fraction of sp³-hybridized carbons (Fsp3) is 0.517. The number of hydrogen-bond acceptors (Lipinski definition) is 9. The maximum Gasteiger partial charge on any atom is 0.333 e. The second-order valence-electron chi connectivity index (χ2n) is 10.8. The molecule has 0 saturated carbocycles. The van der Waals surface area contributed by atoms with Crippen LogP contribution in [-0.2, 0) is 30.0 Å². The third-order valence-electron chi connectivity index (χ3n) is 5.96. The highest BCUT2D eigenvalue weighted by molar-refractivity contribution is 7.55. The summed E-state index contributed by atoms with van der Waals surface area (Å²) in [5, 5.41) is 10.2. The molecule has 12 heteroatoms. The van der Waals surface area contributed by atoms with E-state index in [1.54, 1.807) is 45.9 Å². The molecule has 11 nitrogen and oxygen atoms in total. The summed E-state index contributed by atoms with van der Waals surface area (Å²) >= 11 is 0. The van der Waals surface area contributed by atoms with Crippen LogP contribution in [0.15, 0.2) is 30.3 Å². The molecule has 2 aromatic rings. The maximum atomic E-state index is 13.3. The van der Waals surface area contributed by atoms with Gasteiger partial charge in [-0.25, -0.2) is 10.9 Å². The van der Waals surface area contributed by atoms with Gasteiger partial charge in [-0.1, -0.05) is 30.9 Å². The second-order valence-corrected chi connectivity index (χ2v) is 12.7. The minimum atomic E-state index is -4.32. The summed E-state index contributed by atoms with van der Waals surface area (Å²) in [5.74, 6) is -0.430. The number of ether oxygens (including phenoxy) is 3. The molecule has 0 radical (unpaired) electrons. The molecule has 0 aliphatic rings. The van der Waals surface area contributed by atoms with Crippen LogP contribution in [0.2, 0.25) is 0 Å². The van der Waals surface area contributed by atoms with Gasteiger partial charge in [0.05, 0.1) is 12.2 Å². The molecule has 0 fully saturated rings. The van der Waals surface area contributed by atoms with E-state index >= 15 is 0 Å². The Kier molecular flexibility index (Phi) is 12.8. The molecule has 41 heavy (non-hydrogen) atoms. The maximum absolute atomic E-state index is 13.3. The molecular formula is C29H44N3O8P. The Morgan fingerprint density at radius 3 is 1.88 bits per heavy atom. The van der Waals surface area contributed by atoms with Crippen molar-refractivity contribution in [3.8, 4) is 11.5 Å². The van der Waals surface area contributed by atoms with Crippen LogP contribution in [-0.4, -0.2) is 58.5 Å². The number of hydrazine groups is 2. The van der Waals surface area contributed by atoms with Gasteiger partial charge >= 0.3 is 19.5 Å². The van der Waals surface area contributed by atoms with Gasteiger partial charge in [0.25, 0.3) is 0 Å². The molecular weight excluding hydrogens is 549 g/mol. The van der Waals surface area contributed by atoms with Crippen LogP contribution in [0.4, 0.5) is 0 Å². The quantitative estimate of drug-likeness (QED) is 0.132. The average molecular weight is 594 g/mol. The zero-order chi connectivity index (χ0) is 30.9. The van der Waals surface area contributed by atoms with Gasteiger partial charge in [0.2, 0.25) is 0 Å². The topological polar surface area (TPSA) is 147 Å². The summed E-state index contributed by atoms with van der Waals surface area (Å²) < 4.78 is 29.1. The average Bonchev–Trinajstić information content (AvgIpc) is 2.84. The Labute approximate surface area is 242 Å². The highest BCUT2D eigenvalue weighted by Crippen LogP contribution is 2.42. The van der Waals surface area contributed by atoms with Crippen molar-refractivity contribution >= 4 is 19.5 Å². The summed E-state index contributed by atoms with van der Waals surface area (Å²) in [6.07, 6.45) is -0.718. The number of phenolic OH excluding ortho intramolecular Hbond substituents is 1. The van der Waals surface area contributed by atoms with Crippen molar-refractivity contribution < 1.29 is 38.4 Å². The molecule has 0 bridgehead atoms. The van der Waals surface area contributed by atoms with Crippen molar-refractivity contribution in [3.05, 3.63) is 58.1 Å². The first-order valence-corrected chi connectivity index (χ1v) is 15.4. The Balaban J connectivity index is 2.16. The van der Waals surface area contributed by atoms with Gasteiger partial charge in [0, 0.05) is 0 Å². The van der Waals surface area contributed by atoms with Crippen LogP contribution in [0.3, 0.4) is 0 Å². The lowest BCUT2D eigenvalue weighted by Gasteiger charge is -2.28. The number of nitrogens with one attached hydrogen (secondary N) is 2. The first-order valence-electron chi connectivity index (χ1n) is 13.6. The molecule has 228 valence electrons. The molecule has 4 N–H and O–H groups in total. The van der Waals surface area contributed by atoms with E-state index in [0.29, 0.717) is 17.1 Å². The summed E-state index contributed by atoms with van der Waals surface area (Å²) in [5.41, 5.74) is 9.94. The molecule has 2 rings (SSSR count). The van der Waals surface area contributed by atoms with Gasteiger partial charge in [-0.05, 0) is 99.9 Å². The predicted molar refractivity (Wildman–Crippen MR) is 157 cm³/mol. The number of aryl methyl sites for hydroxylation is 2. The van der Waals surface area contributed by atoms with Crippen LogP contribution in [0.5, 0.6) is 11.5 Å². The van der Waals surface area contributed by atoms with Gasteiger partial charge < -0.3 is 24.2 Å². The lowest BCUT2D eigenvalue weighted by Crippen LogP contribution is -2.50. The molecule has 0 spiro atoms. The first-order chi connectivity index (χ1) is 19.1. The summed E-state index contributed by atoms with van der Waals surface area (Å²) in [7, 11) is -4.32. The summed E-state index contributed by atoms with van der Waals surface area (Å²) in [6.45, 7) is 13.8. The van der Waals surface area contributed by atoms with E-state index < -0.39 is 38.9 Å². The smallest absolute Gasteiger partial charge is 0.333 e. The van der Waals surface area contributed by atoms with Crippen LogP contribution < -0.4 is 15.6 Å². The predicted octanol–water partition coefficient (Wildman–Crippen LogP) is 4.46. The zero-order valence-electron chi connectivity index (χ0n) is 25.2. The van der Waals surface area contributed by atoms with E-state index in [1.165, 1.54) is 0 Å². The van der Waals surface area contributed by atoms with E-state index in [9.17, 15) is 24.2 Å². The molecule has 2 aromatic carbocycles. The van der Waals surface area contributed by atoms with E-state index in [0.717, 1.165) is 27.8 Å². The normalized spacial score (nSPS) is 13.1. The molecule has 0 aromatic heterocycles. The second kappa shape index (κ2) is 15.3. The Hall–Kier alpha value is -2.95. The fourth-order valence-electron chi connectivity index (χ4n) is 4.08. The molecule has 0 heterocycles. The zero-order valence-corrected chi connectivity index (χ0v) is 26.1. The van der Waals surface area contributed by atoms with Crippen molar-refractivity contribution in [2.24, 2.45) is 0 Å². The summed E-state index contributed by atoms with van der Waals surface area (Å²) in [4.78, 5) is 35.5. The Bertz CT molecular complexity index is 1200. The fourth-order valence-corrected chi connectivity index (χ4v) is 5.09. The van der Waals surface area contributed by atoms with Crippen molar-refractivity contribution in [2.45, 2.75) is 79.9 Å². The lowest BCUT2D eigenvalue weighted by atomic mass is 9.93. The number of hydrogen-bond donors (Lipinski definition) is 4. The number of nitrogens with zero attached hydrogens (tertiary/aromatic N) is 1. The van der Waals surface area contributed by atoms with Gasteiger partial charge in [-0.2, -0.15) is 0 Å². The van der Waals surface area contributed by atoms with Crippen molar-refractivity contribution in [3.63, 3.8) is 0 Å². The van der Waals surface area contributed by atoms with E-state index in [4.69, 9.17) is 14.2 Å². The molecule has 0 aliphatic carbocycles. The minimum Gasteiger partial charge on any atom is -0.508 e. The standard InChI is InChI=1S/C29H44N3O8P/c1-18(2)25-13-23(9-10-27(25)33)14-26-21(7)11-24(12-22(26)8)38-17-41(36,37)32(30-15-28(34)39-19(3)4)31-16-29(35)40-20(5)6/h9-13,18-20,30-31,33H,14-17H2,1-8H3,(H,36,37). The number of esters is 2. The first kappa shape index (κ1) is 34.3. The van der Waals surface area contributed by atoms with E-state index in [2.05, 4.69) is 10.9 Å². The Morgan fingerprint density at radius 2 is 1.41 bits per heavy atom. The molecule has 1 atom stereocenters. The van der Waals surface area contributed by atoms with Crippen LogP contribution in [0.25, 0.3) is 0 Å². The number of carbonyl (C=O) groups excluding carboxylic acids is 2. The van der Waals surface area contributed by atoms with E-state index in [-0.39, 0.29) is 23.9 Å².